The summed E-state index contributed by atoms with van der Waals surface area (Å²) in [6.45, 7) is 0. The molecule has 4 nitrogen and oxygen atoms in total. The molecule has 72 valence electrons. The molecule has 0 saturated heterocycles. The van der Waals surface area contributed by atoms with Crippen LogP contribution in [0.1, 0.15) is 11.6 Å². The van der Waals surface area contributed by atoms with Crippen molar-refractivity contribution in [3.8, 4) is 0 Å². The quantitative estimate of drug-likeness (QED) is 0.718. The van der Waals surface area contributed by atoms with Gasteiger partial charge in [0, 0.05) is 11.9 Å². The first-order valence-electron chi connectivity index (χ1n) is 4.15. The fraction of sp³-hybridized carbons (Fsp3) is 0.222. The van der Waals surface area contributed by atoms with Gasteiger partial charge in [-0.05, 0) is 18.4 Å². The normalized spacial score (nSPS) is 10.4. The summed E-state index contributed by atoms with van der Waals surface area (Å²) < 4.78 is 5.34. The summed E-state index contributed by atoms with van der Waals surface area (Å²) in [7, 11) is 0. The fourth-order valence-electron chi connectivity index (χ4n) is 1.05. The Hall–Kier alpha value is -1.36. The van der Waals surface area contributed by atoms with Crippen LogP contribution in [0.15, 0.2) is 34.0 Å². The molecule has 0 aromatic carbocycles. The molecule has 0 atom stereocenters. The van der Waals surface area contributed by atoms with Crippen LogP contribution >= 0.6 is 11.8 Å². The van der Waals surface area contributed by atoms with Gasteiger partial charge < -0.3 is 4.42 Å². The van der Waals surface area contributed by atoms with Crippen LogP contribution in [0.4, 0.5) is 0 Å². The van der Waals surface area contributed by atoms with Crippen molar-refractivity contribution in [3.63, 3.8) is 0 Å². The van der Waals surface area contributed by atoms with Crippen molar-refractivity contribution in [2.45, 2.75) is 11.6 Å². The van der Waals surface area contributed by atoms with E-state index in [2.05, 4.69) is 15.2 Å². The van der Waals surface area contributed by atoms with E-state index in [4.69, 9.17) is 4.42 Å². The molecule has 0 unspecified atom stereocenters. The van der Waals surface area contributed by atoms with E-state index in [0.29, 0.717) is 17.5 Å². The van der Waals surface area contributed by atoms with E-state index in [9.17, 15) is 0 Å². The molecule has 2 aromatic heterocycles. The number of nitrogens with zero attached hydrogens (tertiary/aromatic N) is 3. The molecule has 0 amide bonds. The number of aromatic nitrogens is 3. The van der Waals surface area contributed by atoms with Gasteiger partial charge in [-0.25, -0.2) is 0 Å². The average molecular weight is 207 g/mol. The predicted octanol–water partition coefficient (Wildman–Crippen LogP) is 1.78. The third-order valence-corrected chi connectivity index (χ3v) is 2.20. The van der Waals surface area contributed by atoms with Crippen LogP contribution in [-0.4, -0.2) is 21.4 Å². The van der Waals surface area contributed by atoms with E-state index in [1.54, 1.807) is 6.20 Å². The smallest absolute Gasteiger partial charge is 0.276 e. The van der Waals surface area contributed by atoms with Gasteiger partial charge in [0.1, 0.15) is 0 Å². The summed E-state index contributed by atoms with van der Waals surface area (Å²) >= 11 is 1.44. The molecule has 0 saturated carbocycles. The molecule has 0 aliphatic carbocycles. The highest BCUT2D eigenvalue weighted by molar-refractivity contribution is 7.98. The molecule has 0 aliphatic rings. The van der Waals surface area contributed by atoms with Gasteiger partial charge in [-0.2, -0.15) is 0 Å². The first kappa shape index (κ1) is 9.21. The van der Waals surface area contributed by atoms with Crippen molar-refractivity contribution >= 4 is 11.8 Å². The van der Waals surface area contributed by atoms with Gasteiger partial charge in [0.25, 0.3) is 5.22 Å². The van der Waals surface area contributed by atoms with Gasteiger partial charge in [0.15, 0.2) is 0 Å². The van der Waals surface area contributed by atoms with Gasteiger partial charge in [-0.15, -0.1) is 10.2 Å². The lowest BCUT2D eigenvalue weighted by molar-refractivity contribution is 0.420. The molecule has 0 radical (unpaired) electrons. The van der Waals surface area contributed by atoms with E-state index >= 15 is 0 Å². The molecule has 0 N–H and O–H groups in total. The van der Waals surface area contributed by atoms with Gasteiger partial charge in [-0.1, -0.05) is 17.8 Å². The molecule has 0 fully saturated rings. The third-order valence-electron chi connectivity index (χ3n) is 1.68. The van der Waals surface area contributed by atoms with Gasteiger partial charge in [0.05, 0.1) is 6.42 Å². The highest BCUT2D eigenvalue weighted by Gasteiger charge is 2.05. The summed E-state index contributed by atoms with van der Waals surface area (Å²) in [5, 5.41) is 8.35. The van der Waals surface area contributed by atoms with Gasteiger partial charge in [-0.3, -0.25) is 4.98 Å². The topological polar surface area (TPSA) is 51.8 Å². The molecule has 14 heavy (non-hydrogen) atoms. The summed E-state index contributed by atoms with van der Waals surface area (Å²) in [6, 6.07) is 5.75. The van der Waals surface area contributed by atoms with Crippen LogP contribution in [0.3, 0.4) is 0 Å². The largest absolute Gasteiger partial charge is 0.416 e. The number of pyridine rings is 1. The second kappa shape index (κ2) is 4.23. The Kier molecular flexibility index (Phi) is 2.78. The molecule has 2 heterocycles. The Bertz CT molecular complexity index is 401. The minimum atomic E-state index is 0.592. The molecule has 0 spiro atoms. The molecule has 2 aromatic rings. The maximum absolute atomic E-state index is 5.34. The number of rotatable bonds is 3. The summed E-state index contributed by atoms with van der Waals surface area (Å²) in [6.07, 6.45) is 4.24. The molecular weight excluding hydrogens is 198 g/mol. The Morgan fingerprint density at radius 3 is 2.93 bits per heavy atom. The first-order valence-corrected chi connectivity index (χ1v) is 5.37. The number of thioether (sulfide) groups is 1. The van der Waals surface area contributed by atoms with Gasteiger partial charge >= 0.3 is 0 Å². The van der Waals surface area contributed by atoms with Crippen molar-refractivity contribution in [2.24, 2.45) is 0 Å². The summed E-state index contributed by atoms with van der Waals surface area (Å²) in [5.74, 6) is 0.605. The predicted molar refractivity (Wildman–Crippen MR) is 53.1 cm³/mol. The second-order valence-corrected chi connectivity index (χ2v) is 3.42. The van der Waals surface area contributed by atoms with Crippen LogP contribution in [0, 0.1) is 0 Å². The van der Waals surface area contributed by atoms with Crippen molar-refractivity contribution in [3.05, 3.63) is 36.0 Å². The van der Waals surface area contributed by atoms with Crippen LogP contribution < -0.4 is 0 Å². The Morgan fingerprint density at radius 1 is 1.36 bits per heavy atom. The molecule has 5 heteroatoms. The van der Waals surface area contributed by atoms with Crippen molar-refractivity contribution in [1.82, 2.24) is 15.2 Å². The lowest BCUT2D eigenvalue weighted by atomic mass is 10.3. The lowest BCUT2D eigenvalue weighted by Gasteiger charge is -1.93. The Labute approximate surface area is 85.8 Å². The highest BCUT2D eigenvalue weighted by Crippen LogP contribution is 2.13. The zero-order valence-electron chi connectivity index (χ0n) is 7.67. The van der Waals surface area contributed by atoms with E-state index in [-0.39, 0.29) is 0 Å². The maximum Gasteiger partial charge on any atom is 0.276 e. The summed E-state index contributed by atoms with van der Waals surface area (Å²) in [4.78, 5) is 4.17. The fourth-order valence-corrected chi connectivity index (χ4v) is 1.35. The molecule has 2 rings (SSSR count). The Morgan fingerprint density at radius 2 is 2.29 bits per heavy atom. The third kappa shape index (κ3) is 2.11. The van der Waals surface area contributed by atoms with Crippen LogP contribution in [0.25, 0.3) is 0 Å². The maximum atomic E-state index is 5.34. The number of hydrogen-bond donors (Lipinski definition) is 0. The van der Waals surface area contributed by atoms with E-state index < -0.39 is 0 Å². The van der Waals surface area contributed by atoms with Crippen molar-refractivity contribution in [2.75, 3.05) is 6.26 Å². The second-order valence-electron chi connectivity index (χ2n) is 2.66. The van der Waals surface area contributed by atoms with Crippen molar-refractivity contribution < 1.29 is 4.42 Å². The average Bonchev–Trinajstić information content (AvgIpc) is 2.67. The minimum absolute atomic E-state index is 0.592. The van der Waals surface area contributed by atoms with Gasteiger partial charge in [0.2, 0.25) is 5.89 Å². The zero-order valence-corrected chi connectivity index (χ0v) is 8.49. The SMILES string of the molecule is CSc1nnc(Cc2ccccn2)o1. The number of hydrogen-bond acceptors (Lipinski definition) is 5. The highest BCUT2D eigenvalue weighted by atomic mass is 32.2. The van der Waals surface area contributed by atoms with Crippen LogP contribution in [0.2, 0.25) is 0 Å². The van der Waals surface area contributed by atoms with E-state index in [1.807, 2.05) is 24.5 Å². The lowest BCUT2D eigenvalue weighted by Crippen LogP contribution is -1.90. The molecular formula is C9H9N3OS. The summed E-state index contributed by atoms with van der Waals surface area (Å²) in [5.41, 5.74) is 0.934. The van der Waals surface area contributed by atoms with E-state index in [1.165, 1.54) is 11.8 Å². The molecule has 0 aliphatic heterocycles. The van der Waals surface area contributed by atoms with Crippen LogP contribution in [0.5, 0.6) is 0 Å². The Balaban J connectivity index is 2.11. The monoisotopic (exact) mass is 207 g/mol. The first-order chi connectivity index (χ1) is 6.88. The standard InChI is InChI=1S/C9H9N3OS/c1-14-9-12-11-8(13-9)6-7-4-2-3-5-10-7/h2-5H,6H2,1H3. The van der Waals surface area contributed by atoms with E-state index in [0.717, 1.165) is 5.69 Å². The minimum Gasteiger partial charge on any atom is -0.416 e. The van der Waals surface area contributed by atoms with Crippen LogP contribution in [-0.2, 0) is 6.42 Å². The molecule has 0 bridgehead atoms. The zero-order chi connectivity index (χ0) is 9.80. The van der Waals surface area contributed by atoms with Crippen molar-refractivity contribution in [1.29, 1.82) is 0 Å².